The van der Waals surface area contributed by atoms with E-state index in [0.717, 1.165) is 24.2 Å². The number of carbonyl (C=O) groups is 1. The van der Waals surface area contributed by atoms with Crippen LogP contribution in [-0.4, -0.2) is 46.0 Å². The second-order valence-electron chi connectivity index (χ2n) is 8.18. The molecule has 1 aliphatic rings. The molecule has 0 saturated carbocycles. The van der Waals surface area contributed by atoms with E-state index < -0.39 is 16.1 Å². The number of rotatable bonds is 8. The van der Waals surface area contributed by atoms with E-state index >= 15 is 0 Å². The van der Waals surface area contributed by atoms with Gasteiger partial charge in [0.15, 0.2) is 0 Å². The highest BCUT2D eigenvalue weighted by molar-refractivity contribution is 7.89. The van der Waals surface area contributed by atoms with E-state index in [1.807, 2.05) is 31.2 Å². The molecule has 2 aromatic rings. The minimum atomic E-state index is -3.86. The number of methoxy groups -OCH3 is 1. The molecule has 1 atom stereocenters. The lowest BCUT2D eigenvalue weighted by molar-refractivity contribution is 0.0693. The molecule has 0 radical (unpaired) electrons. The third kappa shape index (κ3) is 5.61. The fourth-order valence-corrected chi connectivity index (χ4v) is 5.05. The topological polar surface area (TPSA) is 84.9 Å². The summed E-state index contributed by atoms with van der Waals surface area (Å²) >= 11 is 0. The molecule has 7 nitrogen and oxygen atoms in total. The van der Waals surface area contributed by atoms with Gasteiger partial charge in [-0.3, -0.25) is 4.79 Å². The first kappa shape index (κ1) is 24.1. The zero-order chi connectivity index (χ0) is 23.3. The Morgan fingerprint density at radius 2 is 1.81 bits per heavy atom. The molecule has 8 heteroatoms. The SMILES string of the molecule is CCOc1ccc([C@@H](C)NS(=O)(=O)c2ccc(OC)c(C(=O)N3CCC(C)CC3)c2)cc1. The van der Waals surface area contributed by atoms with Crippen molar-refractivity contribution in [2.45, 2.75) is 44.6 Å². The summed E-state index contributed by atoms with van der Waals surface area (Å²) in [5.41, 5.74) is 1.07. The summed E-state index contributed by atoms with van der Waals surface area (Å²) < 4.78 is 39.6. The third-order valence-corrected chi connectivity index (χ3v) is 7.34. The maximum atomic E-state index is 13.1. The molecule has 0 unspecified atom stereocenters. The van der Waals surface area contributed by atoms with Gasteiger partial charge in [0.2, 0.25) is 10.0 Å². The van der Waals surface area contributed by atoms with Crippen LogP contribution in [0.1, 0.15) is 55.6 Å². The van der Waals surface area contributed by atoms with Gasteiger partial charge in [-0.25, -0.2) is 13.1 Å². The second-order valence-corrected chi connectivity index (χ2v) is 9.90. The Kier molecular flexibility index (Phi) is 7.79. The number of carbonyl (C=O) groups excluding carboxylic acids is 1. The number of piperidine rings is 1. The molecule has 0 bridgehead atoms. The number of hydrogen-bond acceptors (Lipinski definition) is 5. The molecule has 1 saturated heterocycles. The first-order chi connectivity index (χ1) is 15.2. The Balaban J connectivity index is 1.81. The van der Waals surface area contributed by atoms with Gasteiger partial charge < -0.3 is 14.4 Å². The molecule has 1 aliphatic heterocycles. The Morgan fingerprint density at radius 3 is 2.41 bits per heavy atom. The van der Waals surface area contributed by atoms with Crippen LogP contribution in [0.25, 0.3) is 0 Å². The summed E-state index contributed by atoms with van der Waals surface area (Å²) in [6.07, 6.45) is 1.88. The van der Waals surface area contributed by atoms with Crippen LogP contribution < -0.4 is 14.2 Å². The number of likely N-dealkylation sites (tertiary alicyclic amines) is 1. The molecule has 0 aromatic heterocycles. The minimum Gasteiger partial charge on any atom is -0.496 e. The van der Waals surface area contributed by atoms with Crippen molar-refractivity contribution < 1.29 is 22.7 Å². The molecule has 1 amide bonds. The monoisotopic (exact) mass is 460 g/mol. The fraction of sp³-hybridized carbons (Fsp3) is 0.458. The van der Waals surface area contributed by atoms with Crippen LogP contribution in [-0.2, 0) is 10.0 Å². The molecule has 0 aliphatic carbocycles. The van der Waals surface area contributed by atoms with Gasteiger partial charge >= 0.3 is 0 Å². The highest BCUT2D eigenvalue weighted by Crippen LogP contribution is 2.27. The van der Waals surface area contributed by atoms with Gasteiger partial charge in [-0.2, -0.15) is 0 Å². The lowest BCUT2D eigenvalue weighted by Gasteiger charge is -2.30. The molecule has 32 heavy (non-hydrogen) atoms. The van der Waals surface area contributed by atoms with E-state index in [9.17, 15) is 13.2 Å². The van der Waals surface area contributed by atoms with E-state index in [-0.39, 0.29) is 16.4 Å². The van der Waals surface area contributed by atoms with E-state index in [4.69, 9.17) is 9.47 Å². The first-order valence-corrected chi connectivity index (χ1v) is 12.5. The Hall–Kier alpha value is -2.58. The number of benzene rings is 2. The highest BCUT2D eigenvalue weighted by Gasteiger charge is 2.26. The van der Waals surface area contributed by atoms with Crippen LogP contribution in [0, 0.1) is 5.92 Å². The van der Waals surface area contributed by atoms with Gasteiger partial charge in [-0.1, -0.05) is 19.1 Å². The van der Waals surface area contributed by atoms with Crippen molar-refractivity contribution >= 4 is 15.9 Å². The van der Waals surface area contributed by atoms with Crippen molar-refractivity contribution in [1.82, 2.24) is 9.62 Å². The van der Waals surface area contributed by atoms with Crippen LogP contribution in [0.15, 0.2) is 47.4 Å². The molecule has 2 aromatic carbocycles. The van der Waals surface area contributed by atoms with Crippen LogP contribution in [0.3, 0.4) is 0 Å². The molecule has 174 valence electrons. The predicted molar refractivity (Wildman–Crippen MR) is 124 cm³/mol. The standard InChI is InChI=1S/C24H32N2O5S/c1-5-31-20-8-6-19(7-9-20)18(3)25-32(28,29)21-10-11-23(30-4)22(16-21)24(27)26-14-12-17(2)13-15-26/h6-11,16-18,25H,5,12-15H2,1-4H3/t18-/m1/s1. The van der Waals surface area contributed by atoms with Gasteiger partial charge in [0, 0.05) is 19.1 Å². The summed E-state index contributed by atoms with van der Waals surface area (Å²) in [6, 6.07) is 11.2. The van der Waals surface area contributed by atoms with Crippen LogP contribution in [0.2, 0.25) is 0 Å². The van der Waals surface area contributed by atoms with Crippen molar-refractivity contribution in [3.8, 4) is 11.5 Å². The molecule has 1 fully saturated rings. The number of hydrogen-bond donors (Lipinski definition) is 1. The third-order valence-electron chi connectivity index (χ3n) is 5.81. The lowest BCUT2D eigenvalue weighted by Crippen LogP contribution is -2.38. The van der Waals surface area contributed by atoms with Crippen LogP contribution in [0.5, 0.6) is 11.5 Å². The average molecular weight is 461 g/mol. The van der Waals surface area contributed by atoms with E-state index in [0.29, 0.717) is 31.4 Å². The highest BCUT2D eigenvalue weighted by atomic mass is 32.2. The smallest absolute Gasteiger partial charge is 0.257 e. The maximum Gasteiger partial charge on any atom is 0.257 e. The van der Waals surface area contributed by atoms with E-state index in [1.54, 1.807) is 11.8 Å². The Labute approximate surface area is 190 Å². The first-order valence-electron chi connectivity index (χ1n) is 11.0. The summed E-state index contributed by atoms with van der Waals surface area (Å²) in [7, 11) is -2.38. The van der Waals surface area contributed by atoms with Gasteiger partial charge in [-0.05, 0) is 68.5 Å². The number of ether oxygens (including phenoxy) is 2. The van der Waals surface area contributed by atoms with E-state index in [2.05, 4.69) is 11.6 Å². The largest absolute Gasteiger partial charge is 0.496 e. The van der Waals surface area contributed by atoms with Gasteiger partial charge in [0.25, 0.3) is 5.91 Å². The van der Waals surface area contributed by atoms with Crippen molar-refractivity contribution in [2.75, 3.05) is 26.8 Å². The molecule has 3 rings (SSSR count). The van der Waals surface area contributed by atoms with E-state index in [1.165, 1.54) is 25.3 Å². The Bertz CT molecular complexity index is 1030. The quantitative estimate of drug-likeness (QED) is 0.644. The van der Waals surface area contributed by atoms with Gasteiger partial charge in [-0.15, -0.1) is 0 Å². The summed E-state index contributed by atoms with van der Waals surface area (Å²) in [6.45, 7) is 7.74. The molecular formula is C24H32N2O5S. The molecule has 0 spiro atoms. The fourth-order valence-electron chi connectivity index (χ4n) is 3.79. The second kappa shape index (κ2) is 10.4. The van der Waals surface area contributed by atoms with Crippen LogP contribution >= 0.6 is 0 Å². The number of nitrogens with zero attached hydrogens (tertiary/aromatic N) is 1. The van der Waals surface area contributed by atoms with Gasteiger partial charge in [0.05, 0.1) is 24.2 Å². The summed E-state index contributed by atoms with van der Waals surface area (Å²) in [5, 5.41) is 0. The molecular weight excluding hydrogens is 428 g/mol. The van der Waals surface area contributed by atoms with Crippen molar-refractivity contribution in [2.24, 2.45) is 5.92 Å². The van der Waals surface area contributed by atoms with Crippen molar-refractivity contribution in [3.05, 3.63) is 53.6 Å². The Morgan fingerprint density at radius 1 is 1.16 bits per heavy atom. The lowest BCUT2D eigenvalue weighted by atomic mass is 9.98. The van der Waals surface area contributed by atoms with Crippen molar-refractivity contribution in [1.29, 1.82) is 0 Å². The zero-order valence-corrected chi connectivity index (χ0v) is 19.9. The van der Waals surface area contributed by atoms with Crippen molar-refractivity contribution in [3.63, 3.8) is 0 Å². The van der Waals surface area contributed by atoms with Gasteiger partial charge in [0.1, 0.15) is 11.5 Å². The molecule has 1 heterocycles. The number of amides is 1. The minimum absolute atomic E-state index is 0.0322. The normalized spacial score (nSPS) is 15.9. The average Bonchev–Trinajstić information content (AvgIpc) is 2.79. The zero-order valence-electron chi connectivity index (χ0n) is 19.1. The molecule has 1 N–H and O–H groups in total. The number of nitrogens with one attached hydrogen (secondary N) is 1. The summed E-state index contributed by atoms with van der Waals surface area (Å²) in [5.74, 6) is 1.48. The maximum absolute atomic E-state index is 13.1. The number of sulfonamides is 1. The summed E-state index contributed by atoms with van der Waals surface area (Å²) in [4.78, 5) is 14.9. The van der Waals surface area contributed by atoms with Crippen LogP contribution in [0.4, 0.5) is 0 Å². The predicted octanol–water partition coefficient (Wildman–Crippen LogP) is 4.01.